The number of amides is 2. The second kappa shape index (κ2) is 10.7. The van der Waals surface area contributed by atoms with Crippen molar-refractivity contribution < 1.29 is 27.2 Å². The number of carbonyl (C=O) groups is 2. The number of rotatable bonds is 6. The molecule has 2 amide bonds. The molecule has 3 rings (SSSR count). The minimum absolute atomic E-state index is 0.0144. The van der Waals surface area contributed by atoms with Gasteiger partial charge in [-0.25, -0.2) is 17.6 Å². The van der Waals surface area contributed by atoms with Gasteiger partial charge in [0, 0.05) is 11.8 Å². The van der Waals surface area contributed by atoms with Crippen LogP contribution in [-0.2, 0) is 4.79 Å². The fraction of sp³-hybridized carbons (Fsp3) is 0.130. The molecule has 1 unspecified atom stereocenters. The Morgan fingerprint density at radius 1 is 0.943 bits per heavy atom. The minimum Gasteiger partial charge on any atom is -0.325 e. The first-order valence-electron chi connectivity index (χ1n) is 9.67. The first kappa shape index (κ1) is 27.3. The van der Waals surface area contributed by atoms with Gasteiger partial charge in [-0.1, -0.05) is 11.6 Å². The van der Waals surface area contributed by atoms with Crippen LogP contribution in [0.25, 0.3) is 0 Å². The van der Waals surface area contributed by atoms with Crippen molar-refractivity contribution in [2.75, 3.05) is 10.6 Å². The molecule has 2 N–H and O–H groups in total. The monoisotopic (exact) mass is 610 g/mol. The highest BCUT2D eigenvalue weighted by atomic mass is 79.9. The van der Waals surface area contributed by atoms with E-state index in [1.54, 1.807) is 0 Å². The number of hydrogen-bond acceptors (Lipinski definition) is 2. The van der Waals surface area contributed by atoms with Crippen LogP contribution in [0.1, 0.15) is 28.8 Å². The average Bonchev–Trinajstić information content (AvgIpc) is 2.74. The van der Waals surface area contributed by atoms with Crippen LogP contribution < -0.4 is 10.6 Å². The van der Waals surface area contributed by atoms with Crippen LogP contribution >= 0.6 is 50.7 Å². The summed E-state index contributed by atoms with van der Waals surface area (Å²) in [6, 6.07) is 8.44. The summed E-state index contributed by atoms with van der Waals surface area (Å²) in [6.45, 7) is 1.30. The van der Waals surface area contributed by atoms with Crippen LogP contribution in [0.15, 0.2) is 53.0 Å². The van der Waals surface area contributed by atoms with Crippen molar-refractivity contribution in [3.8, 4) is 0 Å². The lowest BCUT2D eigenvalue weighted by atomic mass is 9.94. The molecular formula is C23H14BrCl3F4N2O2. The summed E-state index contributed by atoms with van der Waals surface area (Å²) in [5.74, 6) is -7.18. The van der Waals surface area contributed by atoms with Gasteiger partial charge in [-0.05, 0) is 70.9 Å². The Kier molecular flexibility index (Phi) is 8.36. The summed E-state index contributed by atoms with van der Waals surface area (Å²) >= 11 is 21.3. The number of halogens is 8. The summed E-state index contributed by atoms with van der Waals surface area (Å²) in [5.41, 5.74) is -0.362. The van der Waals surface area contributed by atoms with Gasteiger partial charge in [0.25, 0.3) is 5.91 Å². The number of nitrogens with one attached hydrogen (secondary N) is 2. The van der Waals surface area contributed by atoms with Gasteiger partial charge in [-0.15, -0.1) is 23.2 Å². The highest BCUT2D eigenvalue weighted by Crippen LogP contribution is 2.40. The molecule has 35 heavy (non-hydrogen) atoms. The van der Waals surface area contributed by atoms with Crippen LogP contribution in [0.5, 0.6) is 0 Å². The zero-order valence-corrected chi connectivity index (χ0v) is 21.4. The van der Waals surface area contributed by atoms with Gasteiger partial charge >= 0.3 is 0 Å². The minimum atomic E-state index is -1.75. The highest BCUT2D eigenvalue weighted by Gasteiger charge is 2.38. The molecule has 12 heteroatoms. The Morgan fingerprint density at radius 2 is 1.63 bits per heavy atom. The van der Waals surface area contributed by atoms with E-state index in [0.717, 1.165) is 18.2 Å². The van der Waals surface area contributed by atoms with Gasteiger partial charge in [-0.3, -0.25) is 9.59 Å². The van der Waals surface area contributed by atoms with Crippen LogP contribution in [0, 0.1) is 23.3 Å². The predicted molar refractivity (Wildman–Crippen MR) is 131 cm³/mol. The van der Waals surface area contributed by atoms with E-state index in [2.05, 4.69) is 26.6 Å². The fourth-order valence-electron chi connectivity index (χ4n) is 3.19. The molecule has 0 fully saturated rings. The standard InChI is InChI=1S/C23H14BrCl3F4N2O2/c1-23(26,27)19(10-6-14(24)20(31)17(30)7-10)22(35)32-12-3-4-15(25)13(9-12)21(34)33-18-5-2-11(28)8-16(18)29/h2-9,19H,1H3,(H,32,35)(H,33,34). The van der Waals surface area contributed by atoms with E-state index in [9.17, 15) is 27.2 Å². The highest BCUT2D eigenvalue weighted by molar-refractivity contribution is 9.10. The van der Waals surface area contributed by atoms with Crippen molar-refractivity contribution in [2.24, 2.45) is 0 Å². The Morgan fingerprint density at radius 3 is 2.23 bits per heavy atom. The molecule has 0 aliphatic heterocycles. The van der Waals surface area contributed by atoms with E-state index in [1.165, 1.54) is 31.2 Å². The lowest BCUT2D eigenvalue weighted by Crippen LogP contribution is -2.32. The van der Waals surface area contributed by atoms with Gasteiger partial charge in [0.15, 0.2) is 11.6 Å². The van der Waals surface area contributed by atoms with Crippen molar-refractivity contribution in [1.29, 1.82) is 0 Å². The summed E-state index contributed by atoms with van der Waals surface area (Å²) in [7, 11) is 0. The van der Waals surface area contributed by atoms with Crippen LogP contribution in [0.2, 0.25) is 5.02 Å². The Labute approximate surface area is 220 Å². The third-order valence-electron chi connectivity index (χ3n) is 4.77. The number of anilines is 2. The van der Waals surface area contributed by atoms with Crippen molar-refractivity contribution in [2.45, 2.75) is 17.2 Å². The maximum absolute atomic E-state index is 14.0. The molecule has 0 spiro atoms. The molecule has 0 radical (unpaired) electrons. The molecule has 0 heterocycles. The molecular weight excluding hydrogens is 599 g/mol. The zero-order valence-electron chi connectivity index (χ0n) is 17.5. The third-order valence-corrected chi connectivity index (χ3v) is 6.11. The third kappa shape index (κ3) is 6.46. The van der Waals surface area contributed by atoms with Crippen molar-refractivity contribution in [3.63, 3.8) is 0 Å². The van der Waals surface area contributed by atoms with E-state index in [-0.39, 0.29) is 32.0 Å². The van der Waals surface area contributed by atoms with Crippen LogP contribution in [0.3, 0.4) is 0 Å². The summed E-state index contributed by atoms with van der Waals surface area (Å²) in [4.78, 5) is 25.7. The quantitative estimate of drug-likeness (QED) is 0.169. The number of alkyl halides is 2. The topological polar surface area (TPSA) is 58.2 Å². The molecule has 184 valence electrons. The Balaban J connectivity index is 1.89. The fourth-order valence-corrected chi connectivity index (χ4v) is 4.30. The average molecular weight is 613 g/mol. The maximum atomic E-state index is 14.0. The molecule has 1 atom stereocenters. The van der Waals surface area contributed by atoms with E-state index in [1.807, 2.05) is 0 Å². The number of benzene rings is 3. The van der Waals surface area contributed by atoms with Crippen molar-refractivity contribution in [1.82, 2.24) is 0 Å². The molecule has 0 saturated heterocycles. The van der Waals surface area contributed by atoms with Crippen molar-refractivity contribution >= 4 is 73.9 Å². The molecule has 3 aromatic rings. The van der Waals surface area contributed by atoms with Gasteiger partial charge in [0.05, 0.1) is 26.7 Å². The van der Waals surface area contributed by atoms with Gasteiger partial charge in [-0.2, -0.15) is 0 Å². The SMILES string of the molecule is CC(Cl)(Cl)C(C(=O)Nc1ccc(Cl)c(C(=O)Nc2ccc(F)cc2F)c1)c1cc(F)c(F)c(Br)c1. The van der Waals surface area contributed by atoms with E-state index < -0.39 is 45.3 Å². The first-order chi connectivity index (χ1) is 16.3. The largest absolute Gasteiger partial charge is 0.325 e. The lowest BCUT2D eigenvalue weighted by Gasteiger charge is -2.26. The molecule has 3 aromatic carbocycles. The molecule has 4 nitrogen and oxygen atoms in total. The molecule has 0 aliphatic rings. The second-order valence-electron chi connectivity index (χ2n) is 7.45. The number of hydrogen-bond donors (Lipinski definition) is 2. The lowest BCUT2D eigenvalue weighted by molar-refractivity contribution is -0.117. The van der Waals surface area contributed by atoms with Crippen LogP contribution in [-0.4, -0.2) is 16.1 Å². The van der Waals surface area contributed by atoms with Crippen LogP contribution in [0.4, 0.5) is 28.9 Å². The second-order valence-corrected chi connectivity index (χ2v) is 10.5. The summed E-state index contributed by atoms with van der Waals surface area (Å²) in [6.07, 6.45) is 0. The first-order valence-corrected chi connectivity index (χ1v) is 11.6. The maximum Gasteiger partial charge on any atom is 0.257 e. The zero-order chi connectivity index (χ0) is 26.1. The summed E-state index contributed by atoms with van der Waals surface area (Å²) < 4.78 is 52.7. The predicted octanol–water partition coefficient (Wildman–Crippen LogP) is 7.83. The Hall–Kier alpha value is -2.33. The smallest absolute Gasteiger partial charge is 0.257 e. The molecule has 0 aliphatic carbocycles. The van der Waals surface area contributed by atoms with Gasteiger partial charge in [0.1, 0.15) is 16.0 Å². The Bertz CT molecular complexity index is 1300. The van der Waals surface area contributed by atoms with E-state index in [4.69, 9.17) is 34.8 Å². The normalized spacial score (nSPS) is 12.3. The summed E-state index contributed by atoms with van der Waals surface area (Å²) in [5, 5.41) is 4.74. The molecule has 0 aromatic heterocycles. The number of carbonyl (C=O) groups excluding carboxylic acids is 2. The van der Waals surface area contributed by atoms with Gasteiger partial charge < -0.3 is 10.6 Å². The molecule has 0 bridgehead atoms. The molecule has 0 saturated carbocycles. The van der Waals surface area contributed by atoms with Crippen molar-refractivity contribution in [3.05, 3.63) is 92.4 Å². The van der Waals surface area contributed by atoms with Gasteiger partial charge in [0.2, 0.25) is 5.91 Å². The van der Waals surface area contributed by atoms with E-state index in [0.29, 0.717) is 6.07 Å². The van der Waals surface area contributed by atoms with E-state index >= 15 is 0 Å².